The van der Waals surface area contributed by atoms with Crippen LogP contribution in [0.15, 0.2) is 212 Å². The SMILES string of the molecule is Fc1cc(N(c2ccccc2)c2ccc3ccc4c(N(c5ccccc5F)c5c(F)cc(-c6ccccc6)cc5-c5ccccc5)ccc5ccc2c3c54)c2ccccc2c1. The van der Waals surface area contributed by atoms with Crippen LogP contribution in [-0.4, -0.2) is 0 Å². The Balaban J connectivity index is 1.20. The Morgan fingerprint density at radius 3 is 1.54 bits per heavy atom. The average Bonchev–Trinajstić information content (AvgIpc) is 3.30. The normalized spacial score (nSPS) is 11.5. The van der Waals surface area contributed by atoms with Crippen LogP contribution in [0.2, 0.25) is 0 Å². The molecule has 0 atom stereocenters. The summed E-state index contributed by atoms with van der Waals surface area (Å²) in [6, 6.07) is 67.1. The van der Waals surface area contributed by atoms with Gasteiger partial charge >= 0.3 is 0 Å². The first kappa shape index (κ1) is 36.2. The molecule has 11 rings (SSSR count). The molecule has 0 aromatic heterocycles. The van der Waals surface area contributed by atoms with E-state index in [4.69, 9.17) is 0 Å². The third-order valence-electron chi connectivity index (χ3n) is 11.7. The molecule has 0 N–H and O–H groups in total. The van der Waals surface area contributed by atoms with Gasteiger partial charge in [0.25, 0.3) is 0 Å². The van der Waals surface area contributed by atoms with Gasteiger partial charge in [-0.2, -0.15) is 0 Å². The van der Waals surface area contributed by atoms with Crippen LogP contribution in [0.5, 0.6) is 0 Å². The molecule has 0 spiro atoms. The maximum absolute atomic E-state index is 17.4. The van der Waals surface area contributed by atoms with E-state index in [0.717, 1.165) is 65.6 Å². The van der Waals surface area contributed by atoms with Crippen LogP contribution >= 0.6 is 0 Å². The number of anilines is 6. The van der Waals surface area contributed by atoms with Crippen molar-refractivity contribution in [2.75, 3.05) is 9.80 Å². The summed E-state index contributed by atoms with van der Waals surface area (Å²) in [4.78, 5) is 3.86. The molecule has 0 heterocycles. The van der Waals surface area contributed by atoms with Gasteiger partial charge in [0.2, 0.25) is 0 Å². The fourth-order valence-electron chi connectivity index (χ4n) is 9.05. The highest BCUT2D eigenvalue weighted by molar-refractivity contribution is 6.28. The lowest BCUT2D eigenvalue weighted by atomic mass is 9.91. The molecule has 0 radical (unpaired) electrons. The van der Waals surface area contributed by atoms with Gasteiger partial charge < -0.3 is 9.80 Å². The first-order chi connectivity index (χ1) is 30.0. The summed E-state index contributed by atoms with van der Waals surface area (Å²) in [5, 5.41) is 7.42. The third-order valence-corrected chi connectivity index (χ3v) is 11.7. The van der Waals surface area contributed by atoms with Crippen LogP contribution in [0, 0.1) is 17.5 Å². The summed E-state index contributed by atoms with van der Waals surface area (Å²) in [5.41, 5.74) is 6.54. The fourth-order valence-corrected chi connectivity index (χ4v) is 9.05. The van der Waals surface area contributed by atoms with Crippen molar-refractivity contribution in [3.8, 4) is 22.3 Å². The lowest BCUT2D eigenvalue weighted by molar-refractivity contribution is 0.620. The topological polar surface area (TPSA) is 6.48 Å². The Bertz CT molecular complexity index is 3410. The zero-order valence-corrected chi connectivity index (χ0v) is 32.7. The van der Waals surface area contributed by atoms with E-state index >= 15 is 13.2 Å². The summed E-state index contributed by atoms with van der Waals surface area (Å²) >= 11 is 0. The molecule has 61 heavy (non-hydrogen) atoms. The predicted octanol–water partition coefficient (Wildman–Crippen LogP) is 16.4. The quantitative estimate of drug-likeness (QED) is 0.141. The number of hydrogen-bond donors (Lipinski definition) is 0. The number of benzene rings is 11. The molecule has 11 aromatic carbocycles. The van der Waals surface area contributed by atoms with Gasteiger partial charge in [-0.05, 0) is 104 Å². The predicted molar refractivity (Wildman–Crippen MR) is 248 cm³/mol. The molecular weight excluding hydrogens is 758 g/mol. The summed E-state index contributed by atoms with van der Waals surface area (Å²) in [6.45, 7) is 0. The van der Waals surface area contributed by atoms with E-state index < -0.39 is 11.6 Å². The van der Waals surface area contributed by atoms with Crippen LogP contribution in [0.1, 0.15) is 0 Å². The molecule has 0 aliphatic heterocycles. The number of nitrogens with zero attached hydrogens (tertiary/aromatic N) is 2. The van der Waals surface area contributed by atoms with E-state index in [-0.39, 0.29) is 17.2 Å². The van der Waals surface area contributed by atoms with Gasteiger partial charge in [0.05, 0.1) is 28.4 Å². The Morgan fingerprint density at radius 2 is 0.869 bits per heavy atom. The molecule has 5 heteroatoms. The molecule has 0 saturated carbocycles. The molecule has 0 amide bonds. The molecule has 0 fully saturated rings. The zero-order chi connectivity index (χ0) is 41.0. The van der Waals surface area contributed by atoms with Gasteiger partial charge in [-0.1, -0.05) is 152 Å². The zero-order valence-electron chi connectivity index (χ0n) is 32.7. The van der Waals surface area contributed by atoms with Gasteiger partial charge in [0, 0.05) is 27.4 Å². The molecule has 0 aliphatic rings. The molecule has 0 aliphatic carbocycles. The Hall–Kier alpha value is -7.89. The van der Waals surface area contributed by atoms with Gasteiger partial charge in [-0.15, -0.1) is 0 Å². The third kappa shape index (κ3) is 6.13. The minimum Gasteiger partial charge on any atom is -0.309 e. The first-order valence-corrected chi connectivity index (χ1v) is 20.2. The molecule has 2 nitrogen and oxygen atoms in total. The molecule has 0 saturated heterocycles. The minimum absolute atomic E-state index is 0.218. The van der Waals surface area contributed by atoms with E-state index in [1.54, 1.807) is 41.3 Å². The molecule has 11 aromatic rings. The number of rotatable bonds is 8. The number of halogens is 3. The minimum atomic E-state index is -0.489. The average molecular weight is 793 g/mol. The van der Waals surface area contributed by atoms with Crippen molar-refractivity contribution in [1.82, 2.24) is 0 Å². The molecular formula is C56H35F3N2. The summed E-state index contributed by atoms with van der Waals surface area (Å²) in [7, 11) is 0. The summed E-state index contributed by atoms with van der Waals surface area (Å²) < 4.78 is 49.4. The number of hydrogen-bond acceptors (Lipinski definition) is 2. The van der Waals surface area contributed by atoms with Gasteiger partial charge in [0.1, 0.15) is 17.5 Å². The molecule has 0 unspecified atom stereocenters. The lowest BCUT2D eigenvalue weighted by Crippen LogP contribution is -2.15. The number of fused-ring (bicyclic) bond motifs is 1. The van der Waals surface area contributed by atoms with Crippen molar-refractivity contribution in [2.45, 2.75) is 0 Å². The van der Waals surface area contributed by atoms with E-state index in [2.05, 4.69) is 41.3 Å². The van der Waals surface area contributed by atoms with Gasteiger partial charge in [-0.25, -0.2) is 13.2 Å². The van der Waals surface area contributed by atoms with Crippen molar-refractivity contribution in [3.63, 3.8) is 0 Å². The van der Waals surface area contributed by atoms with Crippen LogP contribution in [0.3, 0.4) is 0 Å². The maximum Gasteiger partial charge on any atom is 0.148 e. The summed E-state index contributed by atoms with van der Waals surface area (Å²) in [5.74, 6) is -1.30. The second-order valence-electron chi connectivity index (χ2n) is 15.3. The lowest BCUT2D eigenvalue weighted by Gasteiger charge is -2.31. The van der Waals surface area contributed by atoms with Crippen LogP contribution in [-0.2, 0) is 0 Å². The monoisotopic (exact) mass is 792 g/mol. The van der Waals surface area contributed by atoms with E-state index in [9.17, 15) is 0 Å². The van der Waals surface area contributed by atoms with Crippen LogP contribution in [0.25, 0.3) is 65.3 Å². The first-order valence-electron chi connectivity index (χ1n) is 20.2. The van der Waals surface area contributed by atoms with Gasteiger partial charge in [-0.3, -0.25) is 0 Å². The van der Waals surface area contributed by atoms with Gasteiger partial charge in [0.15, 0.2) is 0 Å². The molecule has 290 valence electrons. The largest absolute Gasteiger partial charge is 0.309 e. The Kier molecular flexibility index (Phi) is 8.75. The summed E-state index contributed by atoms with van der Waals surface area (Å²) in [6.07, 6.45) is 0. The van der Waals surface area contributed by atoms with Crippen molar-refractivity contribution < 1.29 is 13.2 Å². The molecule has 0 bridgehead atoms. The standard InChI is InChI=1S/C56H35F3N2/c57-42-32-40-18-10-11-21-44(40)53(35-42)60(43-19-8-3-9-20-43)50-30-26-38-25-29-46-51(31-27-39-24-28-45(50)54(38)55(39)46)61(52-23-13-12-22-48(52)58)56-47(37-16-6-2-7-17-37)33-41(34-49(56)59)36-14-4-1-5-15-36/h1-35H. The van der Waals surface area contributed by atoms with E-state index in [1.807, 2.05) is 133 Å². The van der Waals surface area contributed by atoms with Crippen molar-refractivity contribution in [2.24, 2.45) is 0 Å². The second kappa shape index (κ2) is 14.7. The highest BCUT2D eigenvalue weighted by atomic mass is 19.1. The van der Waals surface area contributed by atoms with Crippen molar-refractivity contribution in [3.05, 3.63) is 230 Å². The van der Waals surface area contributed by atoms with Crippen molar-refractivity contribution >= 4 is 77.2 Å². The second-order valence-corrected chi connectivity index (χ2v) is 15.3. The van der Waals surface area contributed by atoms with Crippen LogP contribution in [0.4, 0.5) is 47.3 Å². The smallest absolute Gasteiger partial charge is 0.148 e. The van der Waals surface area contributed by atoms with Crippen molar-refractivity contribution in [1.29, 1.82) is 0 Å². The maximum atomic E-state index is 17.4. The number of para-hydroxylation sites is 2. The Labute approximate surface area is 350 Å². The van der Waals surface area contributed by atoms with E-state index in [0.29, 0.717) is 22.5 Å². The highest BCUT2D eigenvalue weighted by Gasteiger charge is 2.28. The Morgan fingerprint density at radius 1 is 0.311 bits per heavy atom. The fraction of sp³-hybridized carbons (Fsp3) is 0. The van der Waals surface area contributed by atoms with Crippen LogP contribution < -0.4 is 9.80 Å². The van der Waals surface area contributed by atoms with E-state index in [1.165, 1.54) is 6.07 Å². The highest BCUT2D eigenvalue weighted by Crippen LogP contribution is 2.51.